The molecule has 2 heterocycles. The molecule has 1 saturated heterocycles. The number of aromatic amines is 1. The first-order valence-corrected chi connectivity index (χ1v) is 17.7. The van der Waals surface area contributed by atoms with E-state index in [1.807, 2.05) is 0 Å². The highest BCUT2D eigenvalue weighted by molar-refractivity contribution is 6.74. The van der Waals surface area contributed by atoms with Gasteiger partial charge in [0.15, 0.2) is 22.9 Å². The molecule has 0 unspecified atom stereocenters. The molecule has 0 radical (unpaired) electrons. The van der Waals surface area contributed by atoms with Crippen molar-refractivity contribution < 1.29 is 23.8 Å². The van der Waals surface area contributed by atoms with E-state index < -0.39 is 51.9 Å². The van der Waals surface area contributed by atoms with Gasteiger partial charge in [-0.1, -0.05) is 41.5 Å². The summed E-state index contributed by atoms with van der Waals surface area (Å²) in [7, 11) is -4.63. The van der Waals surface area contributed by atoms with Crippen molar-refractivity contribution in [3.8, 4) is 0 Å². The molecule has 0 spiro atoms. The lowest BCUT2D eigenvalue weighted by molar-refractivity contribution is -0.0988. The molecule has 1 aliphatic heterocycles. The van der Waals surface area contributed by atoms with E-state index in [9.17, 15) is 19.8 Å². The molecule has 0 aliphatic carbocycles. The summed E-state index contributed by atoms with van der Waals surface area (Å²) in [6.45, 7) is 20.8. The second-order valence-electron chi connectivity index (χ2n) is 12.4. The Hall–Kier alpha value is -1.09. The molecule has 0 amide bonds. The SMILES string of the molecule is CC(C)(C)[Si](C)(C)OC[C@H]1O[C@@H](n2ccc(=O)[nH]c2=O)[C@H](O[Si](C)(C)C(C)(C)C)[C@@]1(O)CCO. The Balaban J connectivity index is 2.56. The Kier molecular flexibility index (Phi) is 8.36. The molecule has 34 heavy (non-hydrogen) atoms. The number of ether oxygens (including phenoxy) is 1. The molecule has 0 aromatic carbocycles. The van der Waals surface area contributed by atoms with Crippen LogP contribution in [0.5, 0.6) is 0 Å². The van der Waals surface area contributed by atoms with Gasteiger partial charge in [0.2, 0.25) is 0 Å². The van der Waals surface area contributed by atoms with Crippen molar-refractivity contribution in [3.05, 3.63) is 33.1 Å². The highest BCUT2D eigenvalue weighted by Gasteiger charge is 2.59. The molecule has 2 rings (SSSR count). The summed E-state index contributed by atoms with van der Waals surface area (Å²) < 4.78 is 20.6. The third kappa shape index (κ3) is 5.82. The van der Waals surface area contributed by atoms with Crippen LogP contribution in [0.15, 0.2) is 21.9 Å². The predicted molar refractivity (Wildman–Crippen MR) is 137 cm³/mol. The number of H-pyrrole nitrogens is 1. The van der Waals surface area contributed by atoms with Gasteiger partial charge in [-0.25, -0.2) is 4.79 Å². The van der Waals surface area contributed by atoms with E-state index in [1.165, 1.54) is 16.8 Å². The average molecular weight is 517 g/mol. The minimum Gasteiger partial charge on any atom is -0.414 e. The zero-order valence-corrected chi connectivity index (χ0v) is 24.4. The minimum atomic E-state index is -2.45. The Labute approximate surface area is 204 Å². The maximum absolute atomic E-state index is 12.7. The van der Waals surface area contributed by atoms with Gasteiger partial charge in [-0.05, 0) is 36.3 Å². The summed E-state index contributed by atoms with van der Waals surface area (Å²) in [5.74, 6) is 0. The zero-order chi connectivity index (χ0) is 26.3. The summed E-state index contributed by atoms with van der Waals surface area (Å²) in [6, 6.07) is 1.23. The molecule has 9 nitrogen and oxygen atoms in total. The van der Waals surface area contributed by atoms with Crippen LogP contribution in [0.1, 0.15) is 54.2 Å². The van der Waals surface area contributed by atoms with Crippen LogP contribution < -0.4 is 11.2 Å². The molecule has 1 aliphatic rings. The van der Waals surface area contributed by atoms with Crippen molar-refractivity contribution in [2.45, 2.75) is 108 Å². The van der Waals surface area contributed by atoms with Gasteiger partial charge in [0, 0.05) is 25.3 Å². The summed E-state index contributed by atoms with van der Waals surface area (Å²) in [4.78, 5) is 26.6. The topological polar surface area (TPSA) is 123 Å². The van der Waals surface area contributed by atoms with Crippen LogP contribution in [-0.2, 0) is 13.6 Å². The van der Waals surface area contributed by atoms with Gasteiger partial charge in [0.05, 0.1) is 6.61 Å². The van der Waals surface area contributed by atoms with Crippen molar-refractivity contribution in [1.29, 1.82) is 0 Å². The second-order valence-corrected chi connectivity index (χ2v) is 21.9. The Morgan fingerprint density at radius 2 is 1.65 bits per heavy atom. The molecule has 196 valence electrons. The fourth-order valence-electron chi connectivity index (χ4n) is 3.45. The van der Waals surface area contributed by atoms with Crippen LogP contribution in [0.3, 0.4) is 0 Å². The number of nitrogens with zero attached hydrogens (tertiary/aromatic N) is 1. The van der Waals surface area contributed by atoms with Crippen molar-refractivity contribution in [1.82, 2.24) is 9.55 Å². The number of nitrogens with one attached hydrogen (secondary N) is 1. The standard InChI is InChI=1S/C23H44N2O7Si2/c1-21(2,3)33(7,8)30-15-16-23(29,12-14-26)18(32-34(9,10)22(4,5)6)19(31-16)25-13-11-17(27)24-20(25)28/h11,13,16,18-19,26,29H,12,14-15H2,1-10H3,(H,24,27,28)/t16-,18+,19-,23-/m1/s1. The minimum absolute atomic E-state index is 0.00752. The van der Waals surface area contributed by atoms with Gasteiger partial charge < -0.3 is 23.8 Å². The fraction of sp³-hybridized carbons (Fsp3) is 0.826. The van der Waals surface area contributed by atoms with Gasteiger partial charge in [-0.3, -0.25) is 14.3 Å². The molecule has 1 aromatic rings. The zero-order valence-electron chi connectivity index (χ0n) is 22.4. The number of rotatable bonds is 8. The number of hydrogen-bond acceptors (Lipinski definition) is 7. The molecule has 1 fully saturated rings. The van der Waals surface area contributed by atoms with Crippen molar-refractivity contribution in [2.24, 2.45) is 0 Å². The van der Waals surface area contributed by atoms with Gasteiger partial charge in [-0.15, -0.1) is 0 Å². The lowest BCUT2D eigenvalue weighted by Gasteiger charge is -2.43. The fourth-order valence-corrected chi connectivity index (χ4v) is 5.76. The largest absolute Gasteiger partial charge is 0.414 e. The maximum atomic E-state index is 12.7. The van der Waals surface area contributed by atoms with Crippen molar-refractivity contribution >= 4 is 16.6 Å². The summed E-state index contributed by atoms with van der Waals surface area (Å²) in [6.07, 6.45) is -1.44. The van der Waals surface area contributed by atoms with Crippen LogP contribution in [0, 0.1) is 0 Å². The average Bonchev–Trinajstić information content (AvgIpc) is 2.90. The van der Waals surface area contributed by atoms with Gasteiger partial charge >= 0.3 is 5.69 Å². The first kappa shape index (κ1) is 29.1. The third-order valence-corrected chi connectivity index (χ3v) is 16.8. The van der Waals surface area contributed by atoms with Gasteiger partial charge in [0.25, 0.3) is 5.56 Å². The van der Waals surface area contributed by atoms with Crippen LogP contribution in [0.25, 0.3) is 0 Å². The molecule has 3 N–H and O–H groups in total. The Morgan fingerprint density at radius 1 is 1.09 bits per heavy atom. The summed E-state index contributed by atoms with van der Waals surface area (Å²) in [5.41, 5.74) is -2.78. The Morgan fingerprint density at radius 3 is 2.12 bits per heavy atom. The molecule has 1 aromatic heterocycles. The maximum Gasteiger partial charge on any atom is 0.330 e. The van der Waals surface area contributed by atoms with Gasteiger partial charge in [-0.2, -0.15) is 0 Å². The lowest BCUT2D eigenvalue weighted by atomic mass is 9.89. The molecule has 0 bridgehead atoms. The lowest BCUT2D eigenvalue weighted by Crippen LogP contribution is -2.57. The quantitative estimate of drug-likeness (QED) is 0.454. The van der Waals surface area contributed by atoms with Crippen LogP contribution in [0.4, 0.5) is 0 Å². The van der Waals surface area contributed by atoms with Crippen molar-refractivity contribution in [3.63, 3.8) is 0 Å². The van der Waals surface area contributed by atoms with Crippen LogP contribution in [0.2, 0.25) is 36.3 Å². The number of aromatic nitrogens is 2. The summed E-state index contributed by atoms with van der Waals surface area (Å²) in [5, 5.41) is 21.6. The van der Waals surface area contributed by atoms with Crippen LogP contribution in [-0.4, -0.2) is 67.4 Å². The number of aliphatic hydroxyl groups excluding tert-OH is 1. The van der Waals surface area contributed by atoms with E-state index >= 15 is 0 Å². The third-order valence-electron chi connectivity index (χ3n) is 7.88. The summed E-state index contributed by atoms with van der Waals surface area (Å²) >= 11 is 0. The number of aliphatic hydroxyl groups is 2. The molecule has 11 heteroatoms. The van der Waals surface area contributed by atoms with Gasteiger partial charge in [0.1, 0.15) is 17.8 Å². The highest BCUT2D eigenvalue weighted by Crippen LogP contribution is 2.47. The Bertz CT molecular complexity index is 962. The second kappa shape index (κ2) is 9.76. The van der Waals surface area contributed by atoms with Crippen molar-refractivity contribution in [2.75, 3.05) is 13.2 Å². The number of hydrogen-bond donors (Lipinski definition) is 3. The monoisotopic (exact) mass is 516 g/mol. The van der Waals surface area contributed by atoms with E-state index in [0.717, 1.165) is 0 Å². The van der Waals surface area contributed by atoms with E-state index in [-0.39, 0.29) is 29.7 Å². The molecule has 0 saturated carbocycles. The highest BCUT2D eigenvalue weighted by atomic mass is 28.4. The smallest absolute Gasteiger partial charge is 0.330 e. The predicted octanol–water partition coefficient (Wildman–Crippen LogP) is 2.96. The van der Waals surface area contributed by atoms with E-state index in [2.05, 4.69) is 72.7 Å². The first-order chi connectivity index (χ1) is 15.3. The molecule has 4 atom stereocenters. The molecular formula is C23H44N2O7Si2. The van der Waals surface area contributed by atoms with E-state index in [4.69, 9.17) is 13.6 Å². The normalized spacial score (nSPS) is 26.8. The van der Waals surface area contributed by atoms with E-state index in [1.54, 1.807) is 0 Å². The van der Waals surface area contributed by atoms with Crippen LogP contribution >= 0.6 is 0 Å². The first-order valence-electron chi connectivity index (χ1n) is 11.9. The van der Waals surface area contributed by atoms with E-state index in [0.29, 0.717) is 0 Å². The molecular weight excluding hydrogens is 472 g/mol.